The highest BCUT2D eigenvalue weighted by Crippen LogP contribution is 2.69. The van der Waals surface area contributed by atoms with Crippen LogP contribution in [0.4, 0.5) is 0 Å². The molecule has 4 heteroatoms. The topological polar surface area (TPSA) is 63.3 Å². The van der Waals surface area contributed by atoms with Crippen molar-refractivity contribution >= 4 is 5.97 Å². The van der Waals surface area contributed by atoms with Crippen LogP contribution in [0.3, 0.4) is 0 Å². The van der Waals surface area contributed by atoms with Gasteiger partial charge in [-0.2, -0.15) is 0 Å². The second-order valence-corrected chi connectivity index (χ2v) is 8.64. The average Bonchev–Trinajstić information content (AvgIpc) is 2.67. The van der Waals surface area contributed by atoms with Gasteiger partial charge in [0.1, 0.15) is 5.76 Å². The zero-order chi connectivity index (χ0) is 15.0. The minimum Gasteiger partial charge on any atom is -0.476 e. The van der Waals surface area contributed by atoms with Crippen molar-refractivity contribution in [3.8, 4) is 0 Å². The van der Waals surface area contributed by atoms with Gasteiger partial charge >= 0.3 is 5.97 Å². The Kier molecular flexibility index (Phi) is 2.36. The summed E-state index contributed by atoms with van der Waals surface area (Å²) >= 11 is 0. The fourth-order valence-corrected chi connectivity index (χ4v) is 6.51. The molecule has 4 aliphatic rings. The van der Waals surface area contributed by atoms with E-state index < -0.39 is 5.97 Å². The number of oxazole rings is 1. The van der Waals surface area contributed by atoms with Gasteiger partial charge in [0.05, 0.1) is 0 Å². The van der Waals surface area contributed by atoms with E-state index in [1.54, 1.807) is 6.92 Å². The lowest BCUT2D eigenvalue weighted by molar-refractivity contribution is -0.117. The summed E-state index contributed by atoms with van der Waals surface area (Å²) in [6.07, 6.45) is 7.25. The molecule has 1 heterocycles. The standard InChI is InChI=1S/C17H23NO3/c1-10-12(13(19)20)18-14(21-10)17-6-11-4-15(2,8-17)7-16(3,5-11)9-17/h11H,4-9H2,1-3H3,(H,19,20). The van der Waals surface area contributed by atoms with Gasteiger partial charge in [0, 0.05) is 5.41 Å². The van der Waals surface area contributed by atoms with E-state index in [2.05, 4.69) is 18.8 Å². The van der Waals surface area contributed by atoms with E-state index in [9.17, 15) is 9.90 Å². The predicted molar refractivity (Wildman–Crippen MR) is 77.3 cm³/mol. The number of carboxylic acids is 1. The van der Waals surface area contributed by atoms with Gasteiger partial charge < -0.3 is 9.52 Å². The number of nitrogens with zero attached hydrogens (tertiary/aromatic N) is 1. The third-order valence-electron chi connectivity index (χ3n) is 6.08. The summed E-state index contributed by atoms with van der Waals surface area (Å²) in [5, 5.41) is 9.24. The number of aromatic carboxylic acids is 1. The maximum Gasteiger partial charge on any atom is 0.358 e. The van der Waals surface area contributed by atoms with E-state index in [1.165, 1.54) is 19.3 Å². The van der Waals surface area contributed by atoms with Gasteiger partial charge in [-0.1, -0.05) is 13.8 Å². The van der Waals surface area contributed by atoms with Crippen LogP contribution in [0.5, 0.6) is 0 Å². The van der Waals surface area contributed by atoms with Crippen LogP contribution >= 0.6 is 0 Å². The Morgan fingerprint density at radius 3 is 2.29 bits per heavy atom. The van der Waals surface area contributed by atoms with Gasteiger partial charge in [-0.05, 0) is 62.2 Å². The van der Waals surface area contributed by atoms with Gasteiger partial charge in [-0.25, -0.2) is 9.78 Å². The predicted octanol–water partition coefficient (Wildman–Crippen LogP) is 3.93. The monoisotopic (exact) mass is 289 g/mol. The molecular formula is C17H23NO3. The van der Waals surface area contributed by atoms with Crippen LogP contribution in [0.15, 0.2) is 4.42 Å². The molecular weight excluding hydrogens is 266 g/mol. The van der Waals surface area contributed by atoms with Crippen molar-refractivity contribution in [1.82, 2.24) is 4.98 Å². The molecule has 1 N–H and O–H groups in total. The normalized spacial score (nSPS) is 44.2. The highest BCUT2D eigenvalue weighted by molar-refractivity contribution is 5.86. The van der Waals surface area contributed by atoms with Crippen LogP contribution in [0.1, 0.15) is 74.5 Å². The number of hydrogen-bond acceptors (Lipinski definition) is 3. The second-order valence-electron chi connectivity index (χ2n) is 8.64. The molecule has 1 aromatic heterocycles. The Hall–Kier alpha value is -1.32. The van der Waals surface area contributed by atoms with Crippen molar-refractivity contribution in [1.29, 1.82) is 0 Å². The van der Waals surface area contributed by atoms with Crippen LogP contribution in [0.2, 0.25) is 0 Å². The summed E-state index contributed by atoms with van der Waals surface area (Å²) in [5.74, 6) is 0.906. The number of hydrogen-bond donors (Lipinski definition) is 1. The lowest BCUT2D eigenvalue weighted by Crippen LogP contribution is -2.57. The van der Waals surface area contributed by atoms with E-state index >= 15 is 0 Å². The van der Waals surface area contributed by atoms with Crippen molar-refractivity contribution in [2.75, 3.05) is 0 Å². The smallest absolute Gasteiger partial charge is 0.358 e. The first-order chi connectivity index (χ1) is 9.73. The number of rotatable bonds is 2. The Morgan fingerprint density at radius 2 is 1.81 bits per heavy atom. The van der Waals surface area contributed by atoms with Gasteiger partial charge in [-0.15, -0.1) is 0 Å². The fraction of sp³-hybridized carbons (Fsp3) is 0.765. The lowest BCUT2D eigenvalue weighted by atomic mass is 9.40. The highest BCUT2D eigenvalue weighted by Gasteiger charge is 2.62. The first-order valence-corrected chi connectivity index (χ1v) is 7.94. The van der Waals surface area contributed by atoms with Crippen LogP contribution in [-0.4, -0.2) is 16.1 Å². The quantitative estimate of drug-likeness (QED) is 0.896. The molecule has 2 atom stereocenters. The summed E-state index contributed by atoms with van der Waals surface area (Å²) in [6.45, 7) is 6.51. The van der Waals surface area contributed by atoms with Crippen LogP contribution < -0.4 is 0 Å². The second kappa shape index (κ2) is 3.71. The minimum absolute atomic E-state index is 0.0264. The van der Waals surface area contributed by atoms with Crippen molar-refractivity contribution in [3.63, 3.8) is 0 Å². The lowest BCUT2D eigenvalue weighted by Gasteiger charge is -2.64. The fourth-order valence-electron chi connectivity index (χ4n) is 6.51. The molecule has 4 fully saturated rings. The maximum absolute atomic E-state index is 11.3. The molecule has 0 aromatic carbocycles. The van der Waals surface area contributed by atoms with Gasteiger partial charge in [-0.3, -0.25) is 0 Å². The maximum atomic E-state index is 11.3. The molecule has 21 heavy (non-hydrogen) atoms. The number of carboxylic acid groups (broad SMARTS) is 1. The molecule has 4 aliphatic carbocycles. The molecule has 0 aliphatic heterocycles. The van der Waals surface area contributed by atoms with Crippen molar-refractivity contribution in [3.05, 3.63) is 17.3 Å². The number of aryl methyl sites for hydroxylation is 1. The summed E-state index contributed by atoms with van der Waals surface area (Å²) in [7, 11) is 0. The molecule has 0 radical (unpaired) electrons. The molecule has 4 saturated carbocycles. The third kappa shape index (κ3) is 1.80. The Bertz CT molecular complexity index is 614. The molecule has 114 valence electrons. The number of aromatic nitrogens is 1. The van der Waals surface area contributed by atoms with E-state index in [0.717, 1.165) is 25.2 Å². The largest absolute Gasteiger partial charge is 0.476 e. The molecule has 4 bridgehead atoms. The zero-order valence-electron chi connectivity index (χ0n) is 13.0. The highest BCUT2D eigenvalue weighted by atomic mass is 16.4. The zero-order valence-corrected chi connectivity index (χ0v) is 13.0. The number of carbonyl (C=O) groups is 1. The molecule has 0 spiro atoms. The first-order valence-electron chi connectivity index (χ1n) is 7.94. The molecule has 4 nitrogen and oxygen atoms in total. The molecule has 2 unspecified atom stereocenters. The SMILES string of the molecule is Cc1oc(C23CC4CC(C)(CC(C)(C4)C2)C3)nc1C(=O)O. The van der Waals surface area contributed by atoms with Crippen molar-refractivity contribution in [2.24, 2.45) is 16.7 Å². The molecule has 1 aromatic rings. The Morgan fingerprint density at radius 1 is 1.19 bits per heavy atom. The minimum atomic E-state index is -0.982. The van der Waals surface area contributed by atoms with Gasteiger partial charge in [0.25, 0.3) is 0 Å². The van der Waals surface area contributed by atoms with Gasteiger partial charge in [0.15, 0.2) is 5.69 Å². The summed E-state index contributed by atoms with van der Waals surface area (Å²) in [6, 6.07) is 0. The third-order valence-corrected chi connectivity index (χ3v) is 6.08. The van der Waals surface area contributed by atoms with E-state index in [0.29, 0.717) is 22.5 Å². The van der Waals surface area contributed by atoms with E-state index in [4.69, 9.17) is 4.42 Å². The first kappa shape index (κ1) is 13.4. The van der Waals surface area contributed by atoms with Crippen molar-refractivity contribution < 1.29 is 14.3 Å². The Labute approximate surface area is 124 Å². The van der Waals surface area contributed by atoms with E-state index in [1.807, 2.05) is 0 Å². The van der Waals surface area contributed by atoms with Crippen LogP contribution in [0.25, 0.3) is 0 Å². The molecule has 0 amide bonds. The summed E-state index contributed by atoms with van der Waals surface area (Å²) < 4.78 is 5.86. The molecule has 5 rings (SSSR count). The summed E-state index contributed by atoms with van der Waals surface area (Å²) in [4.78, 5) is 15.7. The van der Waals surface area contributed by atoms with Crippen LogP contribution in [0, 0.1) is 23.7 Å². The molecule has 0 saturated heterocycles. The van der Waals surface area contributed by atoms with E-state index in [-0.39, 0.29) is 11.1 Å². The van der Waals surface area contributed by atoms with Gasteiger partial charge in [0.2, 0.25) is 5.89 Å². The summed E-state index contributed by atoms with van der Waals surface area (Å²) in [5.41, 5.74) is 0.817. The average molecular weight is 289 g/mol. The Balaban J connectivity index is 1.81. The van der Waals surface area contributed by atoms with Crippen molar-refractivity contribution in [2.45, 2.75) is 64.7 Å². The van der Waals surface area contributed by atoms with Crippen LogP contribution in [-0.2, 0) is 5.41 Å².